The smallest absolute Gasteiger partial charge is 0.455 e. The fourth-order valence-electron chi connectivity index (χ4n) is 6.68. The van der Waals surface area contributed by atoms with Gasteiger partial charge in [0.15, 0.2) is 0 Å². The molecule has 202 valence electrons. The number of anilines is 1. The Kier molecular flexibility index (Phi) is 7.13. The molecule has 2 amide bonds. The largest absolute Gasteiger partial charge is 0.508 e. The monoisotopic (exact) mass is 534 g/mol. The van der Waals surface area contributed by atoms with Gasteiger partial charge in [0.2, 0.25) is 11.8 Å². The Morgan fingerprint density at radius 3 is 2.60 bits per heavy atom. The number of nitrogens with zero attached hydrogens (tertiary/aromatic N) is 2. The lowest BCUT2D eigenvalue weighted by atomic mass is 9.58. The molecule has 8 heteroatoms. The molecule has 2 aliphatic heterocycles. The van der Waals surface area contributed by atoms with E-state index < -0.39 is 19.0 Å². The topological polar surface area (TPSA) is 100.0 Å². The fraction of sp³-hybridized carbons (Fsp3) is 0.281. The number of hydrogen-bond acceptors (Lipinski definition) is 6. The van der Waals surface area contributed by atoms with Crippen molar-refractivity contribution < 1.29 is 24.4 Å². The number of aromatic nitrogens is 1. The van der Waals surface area contributed by atoms with Crippen molar-refractivity contribution in [3.8, 4) is 5.75 Å². The highest BCUT2D eigenvalue weighted by molar-refractivity contribution is 6.43. The Bertz CT molecular complexity index is 1490. The maximum Gasteiger partial charge on any atom is 0.455 e. The third kappa shape index (κ3) is 4.89. The van der Waals surface area contributed by atoms with Crippen LogP contribution in [0.15, 0.2) is 90.1 Å². The van der Waals surface area contributed by atoms with Crippen molar-refractivity contribution in [1.82, 2.24) is 4.98 Å². The lowest BCUT2D eigenvalue weighted by Crippen LogP contribution is -2.46. The van der Waals surface area contributed by atoms with Crippen LogP contribution in [-0.4, -0.2) is 40.2 Å². The number of carbonyl (C=O) groups is 2. The molecule has 3 aromatic rings. The Morgan fingerprint density at radius 2 is 1.85 bits per heavy atom. The molecule has 2 saturated heterocycles. The van der Waals surface area contributed by atoms with E-state index in [9.17, 15) is 19.7 Å². The second-order valence-corrected chi connectivity index (χ2v) is 10.9. The van der Waals surface area contributed by atoms with Crippen LogP contribution >= 0.6 is 0 Å². The van der Waals surface area contributed by atoms with Crippen LogP contribution in [0.3, 0.4) is 0 Å². The maximum absolute atomic E-state index is 13.7. The van der Waals surface area contributed by atoms with Gasteiger partial charge in [0.1, 0.15) is 5.75 Å². The second kappa shape index (κ2) is 10.9. The predicted octanol–water partition coefficient (Wildman–Crippen LogP) is 5.13. The van der Waals surface area contributed by atoms with Gasteiger partial charge in [0.05, 0.1) is 29.3 Å². The highest BCUT2D eigenvalue weighted by atomic mass is 16.5. The zero-order chi connectivity index (χ0) is 27.8. The zero-order valence-corrected chi connectivity index (χ0v) is 22.3. The molecule has 3 heterocycles. The molecule has 4 atom stereocenters. The standard InChI is InChI=1S/C32H31BN2O5/c1-20-16-25-30(32(38)35(31(25)37)23-9-3-2-4-10-23)26-19-33(39)40-28(29(20)26)14-13-22(27-12-5-6-15-34-27)17-21-8-7-11-24(36)18-21/h2-12,15,17-18,25-26,28,30,36,39H,13-14,16,19H2,1H3/b22-17-/t25-,26+,28-,30-/m1/s1. The van der Waals surface area contributed by atoms with Crippen molar-refractivity contribution in [2.45, 2.75) is 38.6 Å². The van der Waals surface area contributed by atoms with Gasteiger partial charge in [0.25, 0.3) is 0 Å². The van der Waals surface area contributed by atoms with E-state index in [1.54, 1.807) is 36.5 Å². The van der Waals surface area contributed by atoms with Gasteiger partial charge in [-0.25, -0.2) is 0 Å². The molecule has 0 radical (unpaired) electrons. The van der Waals surface area contributed by atoms with Crippen LogP contribution in [0.1, 0.15) is 37.4 Å². The van der Waals surface area contributed by atoms with Crippen LogP contribution < -0.4 is 4.90 Å². The van der Waals surface area contributed by atoms with E-state index in [1.807, 2.05) is 55.5 Å². The summed E-state index contributed by atoms with van der Waals surface area (Å²) in [6.45, 7) is 2.03. The van der Waals surface area contributed by atoms with Crippen LogP contribution in [0.25, 0.3) is 11.6 Å². The molecule has 0 spiro atoms. The molecule has 6 rings (SSSR count). The molecule has 3 aliphatic rings. The number of phenolic OH excluding ortho intramolecular Hbond substituents is 1. The number of phenols is 1. The SMILES string of the molecule is CC1=C2[C@@H](CC/C(=C/c3cccc(O)c3)c3ccccn3)OB(O)C[C@@H]2[C@@H]2C(=O)N(c3ccccc3)C(=O)[C@@H]2C1. The molecule has 2 aromatic carbocycles. The van der Waals surface area contributed by atoms with Crippen LogP contribution in [0.5, 0.6) is 5.75 Å². The minimum absolute atomic E-state index is 0.163. The minimum Gasteiger partial charge on any atom is -0.508 e. The van der Waals surface area contributed by atoms with E-state index in [1.165, 1.54) is 4.90 Å². The van der Waals surface area contributed by atoms with Crippen LogP contribution in [0.4, 0.5) is 5.69 Å². The third-order valence-electron chi connectivity index (χ3n) is 8.35. The summed E-state index contributed by atoms with van der Waals surface area (Å²) in [6.07, 6.45) is 5.34. The van der Waals surface area contributed by atoms with Crippen molar-refractivity contribution in [2.75, 3.05) is 4.90 Å². The fourth-order valence-corrected chi connectivity index (χ4v) is 6.68. The molecular formula is C32H31BN2O5. The van der Waals surface area contributed by atoms with E-state index >= 15 is 0 Å². The van der Waals surface area contributed by atoms with Gasteiger partial charge in [-0.3, -0.25) is 19.5 Å². The molecule has 2 fully saturated rings. The van der Waals surface area contributed by atoms with Crippen LogP contribution in [0.2, 0.25) is 6.32 Å². The summed E-state index contributed by atoms with van der Waals surface area (Å²) in [4.78, 5) is 33.1. The number of benzene rings is 2. The van der Waals surface area contributed by atoms with Gasteiger partial charge in [-0.1, -0.05) is 42.0 Å². The maximum atomic E-state index is 13.7. The summed E-state index contributed by atoms with van der Waals surface area (Å²) < 4.78 is 6.10. The van der Waals surface area contributed by atoms with Gasteiger partial charge >= 0.3 is 7.12 Å². The molecule has 0 unspecified atom stereocenters. The first kappa shape index (κ1) is 26.2. The average Bonchev–Trinajstić information content (AvgIpc) is 3.20. The molecule has 0 saturated carbocycles. The highest BCUT2D eigenvalue weighted by Crippen LogP contribution is 2.51. The van der Waals surface area contributed by atoms with E-state index in [0.717, 1.165) is 28.0 Å². The number of pyridine rings is 1. The van der Waals surface area contributed by atoms with Gasteiger partial charge < -0.3 is 14.8 Å². The lowest BCUT2D eigenvalue weighted by Gasteiger charge is -2.42. The number of carbonyl (C=O) groups excluding carboxylic acids is 2. The summed E-state index contributed by atoms with van der Waals surface area (Å²) >= 11 is 0. The normalized spacial score (nSPS) is 24.8. The van der Waals surface area contributed by atoms with Crippen molar-refractivity contribution in [3.63, 3.8) is 0 Å². The Labute approximate surface area is 234 Å². The third-order valence-corrected chi connectivity index (χ3v) is 8.35. The van der Waals surface area contributed by atoms with E-state index in [4.69, 9.17) is 4.65 Å². The number of aromatic hydroxyl groups is 1. The number of amides is 2. The summed E-state index contributed by atoms with van der Waals surface area (Å²) in [6, 6.07) is 21.9. The Morgan fingerprint density at radius 1 is 1.05 bits per heavy atom. The second-order valence-electron chi connectivity index (χ2n) is 10.9. The summed E-state index contributed by atoms with van der Waals surface area (Å²) in [7, 11) is -1.02. The number of hydrogen-bond donors (Lipinski definition) is 2. The average molecular weight is 534 g/mol. The lowest BCUT2D eigenvalue weighted by molar-refractivity contribution is -0.122. The number of imide groups is 1. The molecule has 1 aliphatic carbocycles. The first-order chi connectivity index (χ1) is 19.4. The molecule has 40 heavy (non-hydrogen) atoms. The number of rotatable bonds is 6. The predicted molar refractivity (Wildman–Crippen MR) is 154 cm³/mol. The van der Waals surface area contributed by atoms with Crippen LogP contribution in [0, 0.1) is 17.8 Å². The molecule has 2 N–H and O–H groups in total. The van der Waals surface area contributed by atoms with Gasteiger partial charge in [-0.05, 0) is 97.6 Å². The quantitative estimate of drug-likeness (QED) is 0.259. The van der Waals surface area contributed by atoms with Crippen LogP contribution in [-0.2, 0) is 14.2 Å². The van der Waals surface area contributed by atoms with Gasteiger partial charge in [-0.2, -0.15) is 0 Å². The number of fused-ring (bicyclic) bond motifs is 3. The zero-order valence-electron chi connectivity index (χ0n) is 22.3. The van der Waals surface area contributed by atoms with Gasteiger partial charge in [0, 0.05) is 6.20 Å². The van der Waals surface area contributed by atoms with Crippen molar-refractivity contribution in [2.24, 2.45) is 17.8 Å². The molecule has 7 nitrogen and oxygen atoms in total. The first-order valence-corrected chi connectivity index (χ1v) is 13.8. The highest BCUT2D eigenvalue weighted by Gasteiger charge is 2.57. The summed E-state index contributed by atoms with van der Waals surface area (Å²) in [5, 5.41) is 20.8. The van der Waals surface area contributed by atoms with Crippen molar-refractivity contribution >= 4 is 36.3 Å². The van der Waals surface area contributed by atoms with E-state index in [-0.39, 0.29) is 35.9 Å². The van der Waals surface area contributed by atoms with E-state index in [2.05, 4.69) is 4.98 Å². The first-order valence-electron chi connectivity index (χ1n) is 13.8. The van der Waals surface area contributed by atoms with Gasteiger partial charge in [-0.15, -0.1) is 0 Å². The Balaban J connectivity index is 1.29. The summed E-state index contributed by atoms with van der Waals surface area (Å²) in [5.74, 6) is -1.36. The molecule has 0 bridgehead atoms. The van der Waals surface area contributed by atoms with E-state index in [0.29, 0.717) is 24.9 Å². The Hall–Kier alpha value is -4.01. The number of para-hydroxylation sites is 1. The molecule has 1 aromatic heterocycles. The van der Waals surface area contributed by atoms with Crippen molar-refractivity contribution in [1.29, 1.82) is 0 Å². The van der Waals surface area contributed by atoms with Crippen molar-refractivity contribution in [3.05, 3.63) is 101 Å². The summed E-state index contributed by atoms with van der Waals surface area (Å²) in [5.41, 5.74) is 5.35. The molecular weight excluding hydrogens is 503 g/mol. The number of allylic oxidation sites excluding steroid dienone is 2. The minimum atomic E-state index is -1.02.